The van der Waals surface area contributed by atoms with Crippen molar-refractivity contribution in [3.8, 4) is 5.75 Å². The first-order chi connectivity index (χ1) is 11.3. The molecule has 1 atom stereocenters. The van der Waals surface area contributed by atoms with E-state index in [1.54, 1.807) is 26.2 Å². The largest absolute Gasteiger partial charge is 0.505 e. The predicted molar refractivity (Wildman–Crippen MR) is 93.8 cm³/mol. The number of hydrogen-bond acceptors (Lipinski definition) is 5. The molecular formula is C18H23N3O3. The molecule has 128 valence electrons. The molecule has 0 aromatic heterocycles. The number of para-hydroxylation sites is 1. The lowest BCUT2D eigenvalue weighted by atomic mass is 9.92. The van der Waals surface area contributed by atoms with Gasteiger partial charge in [-0.3, -0.25) is 9.59 Å². The quantitative estimate of drug-likeness (QED) is 0.551. The van der Waals surface area contributed by atoms with Gasteiger partial charge < -0.3 is 20.6 Å². The minimum Gasteiger partial charge on any atom is -0.505 e. The molecule has 3 N–H and O–H groups in total. The zero-order valence-corrected chi connectivity index (χ0v) is 14.4. The van der Waals surface area contributed by atoms with Crippen LogP contribution in [0.4, 0.5) is 5.69 Å². The Morgan fingerprint density at radius 1 is 1.33 bits per heavy atom. The van der Waals surface area contributed by atoms with Crippen molar-refractivity contribution in [3.05, 3.63) is 47.3 Å². The number of amides is 1. The van der Waals surface area contributed by atoms with Crippen LogP contribution in [0, 0.1) is 0 Å². The maximum atomic E-state index is 12.1. The van der Waals surface area contributed by atoms with Gasteiger partial charge in [0.05, 0.1) is 16.9 Å². The highest BCUT2D eigenvalue weighted by atomic mass is 16.3. The first-order valence-electron chi connectivity index (χ1n) is 7.83. The van der Waals surface area contributed by atoms with Crippen LogP contribution >= 0.6 is 0 Å². The SMILES string of the molecule is C=C1C(=O)C(Nc2cccc(C(=O)N(C)C)c2O)=C1NC(C)CC. The van der Waals surface area contributed by atoms with Gasteiger partial charge in [-0.1, -0.05) is 19.6 Å². The van der Waals surface area contributed by atoms with Crippen molar-refractivity contribution in [1.29, 1.82) is 0 Å². The van der Waals surface area contributed by atoms with Gasteiger partial charge in [-0.15, -0.1) is 0 Å². The Balaban J connectivity index is 2.34. The van der Waals surface area contributed by atoms with Crippen molar-refractivity contribution in [1.82, 2.24) is 10.2 Å². The van der Waals surface area contributed by atoms with Crippen LogP contribution in [0.3, 0.4) is 0 Å². The lowest BCUT2D eigenvalue weighted by Crippen LogP contribution is -2.38. The van der Waals surface area contributed by atoms with Crippen molar-refractivity contribution in [2.24, 2.45) is 0 Å². The van der Waals surface area contributed by atoms with Crippen LogP contribution < -0.4 is 10.6 Å². The van der Waals surface area contributed by atoms with E-state index < -0.39 is 0 Å². The number of anilines is 1. The topological polar surface area (TPSA) is 81.7 Å². The van der Waals surface area contributed by atoms with Gasteiger partial charge in [-0.2, -0.15) is 0 Å². The Kier molecular flexibility index (Phi) is 4.97. The van der Waals surface area contributed by atoms with Gasteiger partial charge in [0.25, 0.3) is 5.91 Å². The third-order valence-electron chi connectivity index (χ3n) is 3.99. The van der Waals surface area contributed by atoms with Gasteiger partial charge in [-0.05, 0) is 25.5 Å². The molecule has 0 radical (unpaired) electrons. The molecule has 24 heavy (non-hydrogen) atoms. The van der Waals surface area contributed by atoms with E-state index in [2.05, 4.69) is 17.2 Å². The molecule has 0 bridgehead atoms. The Labute approximate surface area is 141 Å². The zero-order valence-electron chi connectivity index (χ0n) is 14.4. The second-order valence-electron chi connectivity index (χ2n) is 6.04. The highest BCUT2D eigenvalue weighted by Gasteiger charge is 2.33. The van der Waals surface area contributed by atoms with Crippen molar-refractivity contribution < 1.29 is 14.7 Å². The Morgan fingerprint density at radius 2 is 2.00 bits per heavy atom. The number of aromatic hydroxyl groups is 1. The minimum atomic E-state index is -0.313. The molecule has 6 heteroatoms. The number of nitrogens with one attached hydrogen (secondary N) is 2. The molecule has 1 unspecified atom stereocenters. The number of Topliss-reactive ketones (excluding diaryl/α,β-unsaturated/α-hetero) is 1. The van der Waals surface area contributed by atoms with Crippen LogP contribution in [0.2, 0.25) is 0 Å². The van der Waals surface area contributed by atoms with Gasteiger partial charge in [-0.25, -0.2) is 0 Å². The molecule has 1 amide bonds. The van der Waals surface area contributed by atoms with Crippen LogP contribution in [0.1, 0.15) is 30.6 Å². The molecule has 0 fully saturated rings. The number of hydrogen-bond donors (Lipinski definition) is 3. The average molecular weight is 329 g/mol. The van der Waals surface area contributed by atoms with Gasteiger partial charge >= 0.3 is 0 Å². The molecule has 6 nitrogen and oxygen atoms in total. The monoisotopic (exact) mass is 329 g/mol. The van der Waals surface area contributed by atoms with Crippen molar-refractivity contribution in [3.63, 3.8) is 0 Å². The normalized spacial score (nSPS) is 15.0. The molecule has 1 aromatic carbocycles. The molecule has 0 aliphatic heterocycles. The second-order valence-corrected chi connectivity index (χ2v) is 6.04. The molecule has 0 saturated heterocycles. The summed E-state index contributed by atoms with van der Waals surface area (Å²) in [4.78, 5) is 25.5. The third-order valence-corrected chi connectivity index (χ3v) is 3.99. The molecule has 0 saturated carbocycles. The summed E-state index contributed by atoms with van der Waals surface area (Å²) in [6.07, 6.45) is 0.899. The van der Waals surface area contributed by atoms with Crippen LogP contribution in [-0.4, -0.2) is 41.8 Å². The predicted octanol–water partition coefficient (Wildman–Crippen LogP) is 2.24. The first-order valence-corrected chi connectivity index (χ1v) is 7.83. The van der Waals surface area contributed by atoms with E-state index in [0.29, 0.717) is 22.7 Å². The summed E-state index contributed by atoms with van der Waals surface area (Å²) in [6.45, 7) is 7.81. The number of ketones is 1. The lowest BCUT2D eigenvalue weighted by molar-refractivity contribution is -0.113. The van der Waals surface area contributed by atoms with Crippen LogP contribution in [0.25, 0.3) is 0 Å². The summed E-state index contributed by atoms with van der Waals surface area (Å²) in [5.74, 6) is -0.700. The van der Waals surface area contributed by atoms with Gasteiger partial charge in [0.2, 0.25) is 5.78 Å². The van der Waals surface area contributed by atoms with E-state index in [1.165, 1.54) is 11.0 Å². The third kappa shape index (κ3) is 3.13. The molecule has 1 aliphatic rings. The van der Waals surface area contributed by atoms with Crippen molar-refractivity contribution >= 4 is 17.4 Å². The maximum Gasteiger partial charge on any atom is 0.257 e. The van der Waals surface area contributed by atoms with Gasteiger partial charge in [0.15, 0.2) is 5.75 Å². The first kappa shape index (κ1) is 17.6. The van der Waals surface area contributed by atoms with E-state index in [-0.39, 0.29) is 29.0 Å². The second kappa shape index (κ2) is 6.78. The lowest BCUT2D eigenvalue weighted by Gasteiger charge is -2.29. The molecule has 0 heterocycles. The zero-order chi connectivity index (χ0) is 18.0. The van der Waals surface area contributed by atoms with Crippen molar-refractivity contribution in [2.75, 3.05) is 19.4 Å². The molecule has 0 spiro atoms. The Hall–Kier alpha value is -2.76. The van der Waals surface area contributed by atoms with Crippen molar-refractivity contribution in [2.45, 2.75) is 26.3 Å². The number of allylic oxidation sites excluding steroid dienone is 2. The van der Waals surface area contributed by atoms with Gasteiger partial charge in [0.1, 0.15) is 5.70 Å². The molecular weight excluding hydrogens is 306 g/mol. The Bertz CT molecular complexity index is 735. The van der Waals surface area contributed by atoms with E-state index in [4.69, 9.17) is 0 Å². The van der Waals surface area contributed by atoms with Gasteiger partial charge in [0, 0.05) is 25.7 Å². The number of benzene rings is 1. The fourth-order valence-corrected chi connectivity index (χ4v) is 2.29. The van der Waals surface area contributed by atoms with E-state index in [9.17, 15) is 14.7 Å². The summed E-state index contributed by atoms with van der Waals surface area (Å²) in [5, 5.41) is 16.5. The summed E-state index contributed by atoms with van der Waals surface area (Å²) < 4.78 is 0. The summed E-state index contributed by atoms with van der Waals surface area (Å²) in [6, 6.07) is 5.00. The smallest absolute Gasteiger partial charge is 0.257 e. The van der Waals surface area contributed by atoms with E-state index in [0.717, 1.165) is 6.42 Å². The molecule has 1 aliphatic carbocycles. The van der Waals surface area contributed by atoms with Crippen LogP contribution in [0.15, 0.2) is 41.7 Å². The highest BCUT2D eigenvalue weighted by molar-refractivity contribution is 6.21. The fourth-order valence-electron chi connectivity index (χ4n) is 2.29. The molecule has 1 aromatic rings. The summed E-state index contributed by atoms with van der Waals surface area (Å²) in [5.41, 5.74) is 1.90. The maximum absolute atomic E-state index is 12.1. The molecule has 2 rings (SSSR count). The number of phenols is 1. The van der Waals surface area contributed by atoms with E-state index in [1.807, 2.05) is 13.8 Å². The van der Waals surface area contributed by atoms with E-state index >= 15 is 0 Å². The van der Waals surface area contributed by atoms with Crippen LogP contribution in [-0.2, 0) is 4.79 Å². The fraction of sp³-hybridized carbons (Fsp3) is 0.333. The summed E-state index contributed by atoms with van der Waals surface area (Å²) in [7, 11) is 3.22. The average Bonchev–Trinajstić information content (AvgIpc) is 2.57. The number of carbonyl (C=O) groups is 2. The number of nitrogens with zero attached hydrogens (tertiary/aromatic N) is 1. The number of carbonyl (C=O) groups excluding carboxylic acids is 2. The highest BCUT2D eigenvalue weighted by Crippen LogP contribution is 2.34. The summed E-state index contributed by atoms with van der Waals surface area (Å²) >= 11 is 0. The number of phenolic OH excluding ortho intramolecular Hbond substituents is 1. The van der Waals surface area contributed by atoms with Crippen LogP contribution in [0.5, 0.6) is 5.75 Å². The standard InChI is InChI=1S/C18H23N3O3/c1-6-10(2)19-14-11(3)16(22)15(14)20-13-9-7-8-12(17(13)23)18(24)21(4)5/h7-10,19-20,23H,3,6H2,1-2,4-5H3. The Morgan fingerprint density at radius 3 is 2.58 bits per heavy atom. The number of rotatable bonds is 6. The minimum absolute atomic E-state index is 0.174.